The third-order valence-corrected chi connectivity index (χ3v) is 7.69. The summed E-state index contributed by atoms with van der Waals surface area (Å²) in [6.07, 6.45) is 5.66. The van der Waals surface area contributed by atoms with Crippen LogP contribution < -0.4 is 5.56 Å². The molecule has 1 saturated heterocycles. The zero-order valence-electron chi connectivity index (χ0n) is 22.8. The van der Waals surface area contributed by atoms with E-state index in [1.807, 2.05) is 53.3 Å². The van der Waals surface area contributed by atoms with Crippen LogP contribution in [-0.4, -0.2) is 47.8 Å². The standard InChI is InChI=1S/C31H33N7O2/c1-21-14-25-16-27(31(39)33-28(25)15-22(21)2)29(30-34-35-36-38(30)20-26-11-7-13-40-26)37(18-23-8-4-3-5-9-23)19-24-10-6-12-32-17-24/h3-6,8-10,12,14-17,26,29H,7,11,13,18-20H2,1-2H3,(H,33,39). The summed E-state index contributed by atoms with van der Waals surface area (Å²) in [4.78, 5) is 23.6. The Labute approximate surface area is 232 Å². The van der Waals surface area contributed by atoms with Crippen LogP contribution in [0.5, 0.6) is 0 Å². The van der Waals surface area contributed by atoms with Crippen molar-refractivity contribution in [2.45, 2.75) is 58.5 Å². The molecule has 4 heterocycles. The summed E-state index contributed by atoms with van der Waals surface area (Å²) < 4.78 is 7.73. The van der Waals surface area contributed by atoms with Gasteiger partial charge in [0, 0.05) is 43.2 Å². The van der Waals surface area contributed by atoms with Crippen molar-refractivity contribution in [3.05, 3.63) is 117 Å². The highest BCUT2D eigenvalue weighted by Crippen LogP contribution is 2.31. The molecule has 9 nitrogen and oxygen atoms in total. The number of nitrogens with zero attached hydrogens (tertiary/aromatic N) is 6. The molecule has 0 saturated carbocycles. The van der Waals surface area contributed by atoms with Crippen LogP contribution in [-0.2, 0) is 24.4 Å². The second-order valence-corrected chi connectivity index (χ2v) is 10.6. The van der Waals surface area contributed by atoms with Gasteiger partial charge in [-0.2, -0.15) is 0 Å². The monoisotopic (exact) mass is 535 g/mol. The van der Waals surface area contributed by atoms with E-state index in [1.54, 1.807) is 6.20 Å². The second-order valence-electron chi connectivity index (χ2n) is 10.6. The van der Waals surface area contributed by atoms with E-state index >= 15 is 0 Å². The molecule has 0 spiro atoms. The van der Waals surface area contributed by atoms with Crippen LogP contribution in [0.15, 0.2) is 77.9 Å². The maximum Gasteiger partial charge on any atom is 0.253 e. The van der Waals surface area contributed by atoms with Crippen molar-refractivity contribution in [2.75, 3.05) is 6.61 Å². The molecule has 204 valence electrons. The van der Waals surface area contributed by atoms with Gasteiger partial charge in [-0.1, -0.05) is 36.4 Å². The van der Waals surface area contributed by atoms with Gasteiger partial charge in [0.25, 0.3) is 5.56 Å². The zero-order valence-corrected chi connectivity index (χ0v) is 22.8. The zero-order chi connectivity index (χ0) is 27.5. The number of rotatable bonds is 9. The Morgan fingerprint density at radius 3 is 2.62 bits per heavy atom. The Balaban J connectivity index is 1.51. The van der Waals surface area contributed by atoms with Gasteiger partial charge in [0.15, 0.2) is 5.82 Å². The lowest BCUT2D eigenvalue weighted by molar-refractivity contribution is 0.0903. The first-order chi connectivity index (χ1) is 19.5. The first-order valence-electron chi connectivity index (χ1n) is 13.7. The molecule has 0 aliphatic carbocycles. The first-order valence-corrected chi connectivity index (χ1v) is 13.7. The number of benzene rings is 2. The Kier molecular flexibility index (Phi) is 7.48. The number of tetrazole rings is 1. The number of nitrogens with one attached hydrogen (secondary N) is 1. The normalized spacial score (nSPS) is 16.1. The molecule has 2 unspecified atom stereocenters. The van der Waals surface area contributed by atoms with Crippen LogP contribution in [0.4, 0.5) is 0 Å². The summed E-state index contributed by atoms with van der Waals surface area (Å²) in [7, 11) is 0. The molecule has 0 radical (unpaired) electrons. The molecule has 1 aliphatic rings. The lowest BCUT2D eigenvalue weighted by Gasteiger charge is -2.31. The Morgan fingerprint density at radius 2 is 1.85 bits per heavy atom. The predicted octanol–water partition coefficient (Wildman–Crippen LogP) is 4.50. The molecular weight excluding hydrogens is 502 g/mol. The van der Waals surface area contributed by atoms with Crippen molar-refractivity contribution in [3.63, 3.8) is 0 Å². The summed E-state index contributed by atoms with van der Waals surface area (Å²) >= 11 is 0. The van der Waals surface area contributed by atoms with E-state index in [-0.39, 0.29) is 11.7 Å². The van der Waals surface area contributed by atoms with Crippen LogP contribution in [0.1, 0.15) is 52.5 Å². The summed E-state index contributed by atoms with van der Waals surface area (Å²) in [6.45, 7) is 6.55. The van der Waals surface area contributed by atoms with Crippen molar-refractivity contribution >= 4 is 10.9 Å². The molecule has 6 rings (SSSR count). The quantitative estimate of drug-likeness (QED) is 0.297. The summed E-state index contributed by atoms with van der Waals surface area (Å²) in [6, 6.07) is 19.9. The minimum Gasteiger partial charge on any atom is -0.376 e. The van der Waals surface area contributed by atoms with E-state index in [0.717, 1.165) is 47.0 Å². The fraction of sp³-hybridized carbons (Fsp3) is 0.323. The number of fused-ring (bicyclic) bond motifs is 1. The predicted molar refractivity (Wildman–Crippen MR) is 153 cm³/mol. The molecule has 5 aromatic rings. The van der Waals surface area contributed by atoms with Gasteiger partial charge in [-0.25, -0.2) is 4.68 Å². The van der Waals surface area contributed by atoms with E-state index in [1.165, 1.54) is 5.56 Å². The smallest absolute Gasteiger partial charge is 0.253 e. The van der Waals surface area contributed by atoms with Gasteiger partial charge in [0.05, 0.1) is 12.6 Å². The molecule has 9 heteroatoms. The lowest BCUT2D eigenvalue weighted by Crippen LogP contribution is -2.35. The number of aromatic amines is 1. The molecular formula is C31H33N7O2. The van der Waals surface area contributed by atoms with Gasteiger partial charge in [0.1, 0.15) is 6.04 Å². The van der Waals surface area contributed by atoms with Crippen LogP contribution in [0.25, 0.3) is 10.9 Å². The molecule has 0 bridgehead atoms. The summed E-state index contributed by atoms with van der Waals surface area (Å²) in [5, 5.41) is 13.9. The minimum absolute atomic E-state index is 0.0457. The molecule has 1 aliphatic heterocycles. The highest BCUT2D eigenvalue weighted by atomic mass is 16.5. The van der Waals surface area contributed by atoms with E-state index in [9.17, 15) is 4.79 Å². The number of pyridine rings is 2. The molecule has 1 N–H and O–H groups in total. The number of ether oxygens (including phenoxy) is 1. The highest BCUT2D eigenvalue weighted by Gasteiger charge is 2.32. The second kappa shape index (κ2) is 11.5. The van der Waals surface area contributed by atoms with E-state index in [4.69, 9.17) is 4.74 Å². The van der Waals surface area contributed by atoms with Crippen molar-refractivity contribution in [2.24, 2.45) is 0 Å². The highest BCUT2D eigenvalue weighted by molar-refractivity contribution is 5.81. The number of hydrogen-bond donors (Lipinski definition) is 1. The molecule has 2 aromatic carbocycles. The van der Waals surface area contributed by atoms with Gasteiger partial charge >= 0.3 is 0 Å². The molecule has 2 atom stereocenters. The van der Waals surface area contributed by atoms with Crippen molar-refractivity contribution in [1.29, 1.82) is 0 Å². The average Bonchev–Trinajstić information content (AvgIpc) is 3.64. The number of aryl methyl sites for hydroxylation is 2. The van der Waals surface area contributed by atoms with Gasteiger partial charge in [-0.3, -0.25) is 14.7 Å². The summed E-state index contributed by atoms with van der Waals surface area (Å²) in [5.74, 6) is 0.615. The molecule has 1 fully saturated rings. The van der Waals surface area contributed by atoms with Crippen molar-refractivity contribution in [1.82, 2.24) is 35.1 Å². The largest absolute Gasteiger partial charge is 0.376 e. The maximum absolute atomic E-state index is 13.8. The maximum atomic E-state index is 13.8. The Hall–Kier alpha value is -4.21. The fourth-order valence-electron chi connectivity index (χ4n) is 5.50. The van der Waals surface area contributed by atoms with E-state index in [2.05, 4.69) is 62.4 Å². The molecule has 0 amide bonds. The van der Waals surface area contributed by atoms with Crippen LogP contribution in [0, 0.1) is 13.8 Å². The van der Waals surface area contributed by atoms with Gasteiger partial charge < -0.3 is 9.72 Å². The van der Waals surface area contributed by atoms with Gasteiger partial charge in [0.2, 0.25) is 0 Å². The number of hydrogen-bond acceptors (Lipinski definition) is 7. The van der Waals surface area contributed by atoms with Crippen molar-refractivity contribution < 1.29 is 4.74 Å². The first kappa shape index (κ1) is 26.0. The van der Waals surface area contributed by atoms with E-state index < -0.39 is 6.04 Å². The van der Waals surface area contributed by atoms with Gasteiger partial charge in [-0.15, -0.1) is 5.10 Å². The van der Waals surface area contributed by atoms with Crippen LogP contribution in [0.2, 0.25) is 0 Å². The molecule has 3 aromatic heterocycles. The Bertz CT molecular complexity index is 1600. The number of H-pyrrole nitrogens is 1. The fourth-order valence-corrected chi connectivity index (χ4v) is 5.50. The lowest BCUT2D eigenvalue weighted by atomic mass is 9.99. The average molecular weight is 536 g/mol. The van der Waals surface area contributed by atoms with Crippen molar-refractivity contribution in [3.8, 4) is 0 Å². The van der Waals surface area contributed by atoms with Crippen LogP contribution >= 0.6 is 0 Å². The SMILES string of the molecule is Cc1cc2cc(C(c3nnnn3CC3CCCO3)N(Cc3ccccc3)Cc3cccnc3)c(=O)[nH]c2cc1C. The van der Waals surface area contributed by atoms with Gasteiger partial charge in [-0.05, 0) is 89.0 Å². The van der Waals surface area contributed by atoms with E-state index in [0.29, 0.717) is 31.0 Å². The summed E-state index contributed by atoms with van der Waals surface area (Å²) in [5.41, 5.74) is 5.72. The molecule has 40 heavy (non-hydrogen) atoms. The number of aromatic nitrogens is 6. The third kappa shape index (κ3) is 5.57. The topological polar surface area (TPSA) is 102 Å². The Morgan fingerprint density at radius 1 is 1.05 bits per heavy atom. The third-order valence-electron chi connectivity index (χ3n) is 7.69. The van der Waals surface area contributed by atoms with Crippen LogP contribution in [0.3, 0.4) is 0 Å². The minimum atomic E-state index is -0.522.